The molecule has 156 valence electrons. The molecule has 0 unspecified atom stereocenters. The second-order valence-corrected chi connectivity index (χ2v) is 7.12. The molecule has 3 aromatic carbocycles. The van der Waals surface area contributed by atoms with Gasteiger partial charge in [-0.2, -0.15) is 0 Å². The van der Waals surface area contributed by atoms with Crippen molar-refractivity contribution in [1.82, 2.24) is 9.55 Å². The Bertz CT molecular complexity index is 1230. The zero-order chi connectivity index (χ0) is 21.6. The van der Waals surface area contributed by atoms with Crippen molar-refractivity contribution in [1.29, 1.82) is 0 Å². The molecule has 0 radical (unpaired) electrons. The van der Waals surface area contributed by atoms with Crippen molar-refractivity contribution < 1.29 is 14.3 Å². The monoisotopic (exact) mass is 412 g/mol. The Morgan fingerprint density at radius 2 is 1.81 bits per heavy atom. The number of fused-ring (bicyclic) bond motifs is 1. The van der Waals surface area contributed by atoms with Gasteiger partial charge in [-0.1, -0.05) is 48.5 Å². The van der Waals surface area contributed by atoms with E-state index in [-0.39, 0.29) is 0 Å². The van der Waals surface area contributed by atoms with Crippen molar-refractivity contribution in [3.05, 3.63) is 96.1 Å². The first kappa shape index (κ1) is 20.4. The van der Waals surface area contributed by atoms with Crippen LogP contribution in [0.4, 0.5) is 0 Å². The van der Waals surface area contributed by atoms with E-state index in [0.717, 1.165) is 27.6 Å². The Kier molecular flexibility index (Phi) is 6.13. The molecule has 0 amide bonds. The summed E-state index contributed by atoms with van der Waals surface area (Å²) in [5.41, 5.74) is 2.45. The molecule has 0 spiro atoms. The predicted molar refractivity (Wildman–Crippen MR) is 123 cm³/mol. The third-order valence-electron chi connectivity index (χ3n) is 5.03. The fraction of sp³-hybridized carbons (Fsp3) is 0.154. The highest BCUT2D eigenvalue weighted by atomic mass is 16.5. The van der Waals surface area contributed by atoms with Gasteiger partial charge in [0.05, 0.1) is 13.7 Å². The molecule has 31 heavy (non-hydrogen) atoms. The average Bonchev–Trinajstić information content (AvgIpc) is 3.25. The number of benzene rings is 3. The molecule has 0 bridgehead atoms. The SMILES string of the molecule is CCOC(=O)/C(=C/c1ccc2cc(OC)ccc2c1)c1nccn1Cc1ccccc1. The number of carbonyl (C=O) groups excluding carboxylic acids is 1. The van der Waals surface area contributed by atoms with Crippen LogP contribution < -0.4 is 4.74 Å². The first-order valence-electron chi connectivity index (χ1n) is 10.2. The van der Waals surface area contributed by atoms with E-state index in [1.165, 1.54) is 0 Å². The summed E-state index contributed by atoms with van der Waals surface area (Å²) in [5.74, 6) is 1.00. The van der Waals surface area contributed by atoms with Crippen LogP contribution in [-0.2, 0) is 16.1 Å². The summed E-state index contributed by atoms with van der Waals surface area (Å²) in [6, 6.07) is 22.0. The van der Waals surface area contributed by atoms with Gasteiger partial charge in [-0.05, 0) is 53.1 Å². The van der Waals surface area contributed by atoms with Crippen molar-refractivity contribution in [3.8, 4) is 5.75 Å². The number of methoxy groups -OCH3 is 1. The first-order chi connectivity index (χ1) is 15.2. The molecular formula is C26H24N2O3. The first-order valence-corrected chi connectivity index (χ1v) is 10.2. The molecule has 1 aromatic heterocycles. The summed E-state index contributed by atoms with van der Waals surface area (Å²) in [6.45, 7) is 2.72. The quantitative estimate of drug-likeness (QED) is 0.309. The smallest absolute Gasteiger partial charge is 0.341 e. The van der Waals surface area contributed by atoms with Crippen molar-refractivity contribution in [2.75, 3.05) is 13.7 Å². The van der Waals surface area contributed by atoms with Crippen LogP contribution in [0.3, 0.4) is 0 Å². The molecule has 0 N–H and O–H groups in total. The van der Waals surface area contributed by atoms with Crippen LogP contribution >= 0.6 is 0 Å². The summed E-state index contributed by atoms with van der Waals surface area (Å²) < 4.78 is 12.6. The number of hydrogen-bond donors (Lipinski definition) is 0. The molecule has 4 aromatic rings. The van der Waals surface area contributed by atoms with Gasteiger partial charge in [0.15, 0.2) is 0 Å². The van der Waals surface area contributed by atoms with Crippen LogP contribution in [0.25, 0.3) is 22.4 Å². The fourth-order valence-electron chi connectivity index (χ4n) is 3.51. The highest BCUT2D eigenvalue weighted by Crippen LogP contribution is 2.25. The third kappa shape index (κ3) is 4.67. The van der Waals surface area contributed by atoms with Crippen LogP contribution in [0.2, 0.25) is 0 Å². The van der Waals surface area contributed by atoms with Gasteiger partial charge in [0, 0.05) is 18.9 Å². The largest absolute Gasteiger partial charge is 0.497 e. The normalized spacial score (nSPS) is 11.5. The van der Waals surface area contributed by atoms with Crippen molar-refractivity contribution in [3.63, 3.8) is 0 Å². The number of ether oxygens (including phenoxy) is 2. The second kappa shape index (κ2) is 9.30. The number of nitrogens with zero attached hydrogens (tertiary/aromatic N) is 2. The van der Waals surface area contributed by atoms with Crippen molar-refractivity contribution >= 4 is 28.4 Å². The minimum Gasteiger partial charge on any atom is -0.497 e. The Balaban J connectivity index is 1.74. The van der Waals surface area contributed by atoms with Crippen LogP contribution in [0.5, 0.6) is 5.75 Å². The van der Waals surface area contributed by atoms with Crippen LogP contribution in [-0.4, -0.2) is 29.2 Å². The molecule has 0 aliphatic rings. The molecule has 0 aliphatic carbocycles. The minimum atomic E-state index is -0.391. The maximum atomic E-state index is 12.8. The van der Waals surface area contributed by atoms with Gasteiger partial charge in [0.25, 0.3) is 0 Å². The second-order valence-electron chi connectivity index (χ2n) is 7.12. The Morgan fingerprint density at radius 1 is 1.03 bits per heavy atom. The van der Waals surface area contributed by atoms with E-state index in [0.29, 0.717) is 24.5 Å². The van der Waals surface area contributed by atoms with Gasteiger partial charge in [0.1, 0.15) is 17.1 Å². The predicted octanol–water partition coefficient (Wildman–Crippen LogP) is 5.20. The number of aromatic nitrogens is 2. The lowest BCUT2D eigenvalue weighted by Gasteiger charge is -2.11. The molecule has 5 heteroatoms. The number of carbonyl (C=O) groups is 1. The number of rotatable bonds is 7. The third-order valence-corrected chi connectivity index (χ3v) is 5.03. The molecule has 0 fully saturated rings. The highest BCUT2D eigenvalue weighted by molar-refractivity contribution is 6.20. The van der Waals surface area contributed by atoms with E-state index >= 15 is 0 Å². The zero-order valence-electron chi connectivity index (χ0n) is 17.6. The number of imidazole rings is 1. The maximum Gasteiger partial charge on any atom is 0.341 e. The Labute approximate surface area is 181 Å². The molecule has 0 aliphatic heterocycles. The lowest BCUT2D eigenvalue weighted by molar-refractivity contribution is -0.136. The van der Waals surface area contributed by atoms with E-state index in [1.807, 2.05) is 71.4 Å². The summed E-state index contributed by atoms with van der Waals surface area (Å²) in [5, 5.41) is 2.13. The van der Waals surface area contributed by atoms with Gasteiger partial charge >= 0.3 is 5.97 Å². The molecule has 0 saturated carbocycles. The Morgan fingerprint density at radius 3 is 2.58 bits per heavy atom. The molecular weight excluding hydrogens is 388 g/mol. The average molecular weight is 412 g/mol. The van der Waals surface area contributed by atoms with Gasteiger partial charge < -0.3 is 14.0 Å². The van der Waals surface area contributed by atoms with Crippen molar-refractivity contribution in [2.24, 2.45) is 0 Å². The summed E-state index contributed by atoms with van der Waals surface area (Å²) in [4.78, 5) is 17.3. The van der Waals surface area contributed by atoms with E-state index in [2.05, 4.69) is 17.1 Å². The van der Waals surface area contributed by atoms with Crippen LogP contribution in [0.1, 0.15) is 23.9 Å². The zero-order valence-corrected chi connectivity index (χ0v) is 17.6. The van der Waals surface area contributed by atoms with Gasteiger partial charge in [-0.15, -0.1) is 0 Å². The van der Waals surface area contributed by atoms with E-state index in [9.17, 15) is 4.79 Å². The molecule has 0 saturated heterocycles. The maximum absolute atomic E-state index is 12.8. The lowest BCUT2D eigenvalue weighted by atomic mass is 10.0. The Hall–Kier alpha value is -3.86. The molecule has 0 atom stereocenters. The lowest BCUT2D eigenvalue weighted by Crippen LogP contribution is -2.12. The molecule has 1 heterocycles. The van der Waals surface area contributed by atoms with E-state index in [1.54, 1.807) is 20.2 Å². The fourth-order valence-corrected chi connectivity index (χ4v) is 3.51. The number of esters is 1. The van der Waals surface area contributed by atoms with Gasteiger partial charge in [-0.25, -0.2) is 9.78 Å². The van der Waals surface area contributed by atoms with Gasteiger partial charge in [-0.3, -0.25) is 0 Å². The minimum absolute atomic E-state index is 0.299. The topological polar surface area (TPSA) is 53.4 Å². The van der Waals surface area contributed by atoms with Crippen molar-refractivity contribution in [2.45, 2.75) is 13.5 Å². The summed E-state index contributed by atoms with van der Waals surface area (Å²) in [6.07, 6.45) is 5.42. The van der Waals surface area contributed by atoms with Crippen LogP contribution in [0, 0.1) is 0 Å². The number of hydrogen-bond acceptors (Lipinski definition) is 4. The standard InChI is InChI=1S/C26H24N2O3/c1-3-31-26(29)24(25-27-13-14-28(25)18-19-7-5-4-6-8-19)16-20-9-10-22-17-23(30-2)12-11-21(22)15-20/h4-17H,3,18H2,1-2H3/b24-16+. The molecule has 4 rings (SSSR count). The van der Waals surface area contributed by atoms with E-state index in [4.69, 9.17) is 9.47 Å². The summed E-state index contributed by atoms with van der Waals surface area (Å²) in [7, 11) is 1.65. The van der Waals surface area contributed by atoms with Gasteiger partial charge in [0.2, 0.25) is 0 Å². The molecule has 5 nitrogen and oxygen atoms in total. The highest BCUT2D eigenvalue weighted by Gasteiger charge is 2.19. The van der Waals surface area contributed by atoms with E-state index < -0.39 is 5.97 Å². The summed E-state index contributed by atoms with van der Waals surface area (Å²) >= 11 is 0. The van der Waals surface area contributed by atoms with Crippen LogP contribution in [0.15, 0.2) is 79.1 Å².